The van der Waals surface area contributed by atoms with Gasteiger partial charge in [-0.2, -0.15) is 0 Å². The molecule has 0 aliphatic carbocycles. The molecule has 0 N–H and O–H groups in total. The van der Waals surface area contributed by atoms with Crippen molar-refractivity contribution < 1.29 is 0 Å². The Labute approximate surface area is 115 Å². The fourth-order valence-corrected chi connectivity index (χ4v) is 2.77. The van der Waals surface area contributed by atoms with Gasteiger partial charge in [0.15, 0.2) is 0 Å². The second kappa shape index (κ2) is 5.38. The molecule has 6 nitrogen and oxygen atoms in total. The van der Waals surface area contributed by atoms with Gasteiger partial charge in [0.1, 0.15) is 12.1 Å². The van der Waals surface area contributed by atoms with Crippen LogP contribution in [0.5, 0.6) is 0 Å². The standard InChI is InChI=1S/C13H24N6/c1-15-3-7-17(8-4-15)13-11-14-12-19(13)18-9-5-16(2)6-10-18/h11-12H,3-10H2,1-2H3. The lowest BCUT2D eigenvalue weighted by Crippen LogP contribution is -2.51. The van der Waals surface area contributed by atoms with Gasteiger partial charge >= 0.3 is 0 Å². The molecule has 1 aromatic heterocycles. The zero-order chi connectivity index (χ0) is 13.2. The number of hydrogen-bond acceptors (Lipinski definition) is 5. The van der Waals surface area contributed by atoms with Crippen LogP contribution < -0.4 is 9.91 Å². The van der Waals surface area contributed by atoms with Gasteiger partial charge in [-0.1, -0.05) is 0 Å². The van der Waals surface area contributed by atoms with Crippen molar-refractivity contribution in [3.05, 3.63) is 12.5 Å². The first-order chi connectivity index (χ1) is 9.24. The van der Waals surface area contributed by atoms with Crippen LogP contribution in [0.4, 0.5) is 5.82 Å². The zero-order valence-electron chi connectivity index (χ0n) is 12.0. The van der Waals surface area contributed by atoms with Crippen LogP contribution in [0.15, 0.2) is 12.5 Å². The number of piperazine rings is 2. The van der Waals surface area contributed by atoms with E-state index in [1.165, 1.54) is 5.82 Å². The van der Waals surface area contributed by atoms with E-state index in [1.54, 1.807) is 0 Å². The van der Waals surface area contributed by atoms with E-state index in [0.717, 1.165) is 52.4 Å². The number of rotatable bonds is 2. The number of likely N-dealkylation sites (N-methyl/N-ethyl adjacent to an activating group) is 2. The predicted octanol–water partition coefficient (Wildman–Crippen LogP) is -0.482. The lowest BCUT2D eigenvalue weighted by molar-refractivity contribution is 0.284. The Hall–Kier alpha value is -1.27. The maximum atomic E-state index is 4.36. The molecule has 0 bridgehead atoms. The second-order valence-corrected chi connectivity index (χ2v) is 5.64. The fourth-order valence-electron chi connectivity index (χ4n) is 2.77. The van der Waals surface area contributed by atoms with E-state index in [4.69, 9.17) is 0 Å². The van der Waals surface area contributed by atoms with Crippen molar-refractivity contribution in [2.75, 3.05) is 76.4 Å². The summed E-state index contributed by atoms with van der Waals surface area (Å²) in [6.45, 7) is 8.86. The van der Waals surface area contributed by atoms with E-state index in [0.29, 0.717) is 0 Å². The smallest absolute Gasteiger partial charge is 0.148 e. The highest BCUT2D eigenvalue weighted by Crippen LogP contribution is 2.17. The summed E-state index contributed by atoms with van der Waals surface area (Å²) in [4.78, 5) is 11.6. The normalized spacial score (nSPS) is 23.1. The van der Waals surface area contributed by atoms with Crippen LogP contribution in [0.1, 0.15) is 0 Å². The quantitative estimate of drug-likeness (QED) is 0.720. The number of aromatic nitrogens is 2. The van der Waals surface area contributed by atoms with Gasteiger partial charge in [0.2, 0.25) is 0 Å². The number of hydrogen-bond donors (Lipinski definition) is 0. The van der Waals surface area contributed by atoms with Gasteiger partial charge < -0.3 is 19.7 Å². The van der Waals surface area contributed by atoms with Crippen molar-refractivity contribution in [1.82, 2.24) is 19.5 Å². The van der Waals surface area contributed by atoms with Crippen LogP contribution in [-0.2, 0) is 0 Å². The Morgan fingerprint density at radius 3 is 2.05 bits per heavy atom. The third-order valence-corrected chi connectivity index (χ3v) is 4.21. The van der Waals surface area contributed by atoms with Crippen molar-refractivity contribution in [2.45, 2.75) is 0 Å². The van der Waals surface area contributed by atoms with Gasteiger partial charge in [0.25, 0.3) is 0 Å². The van der Waals surface area contributed by atoms with E-state index in [-0.39, 0.29) is 0 Å². The molecule has 2 fully saturated rings. The topological polar surface area (TPSA) is 30.8 Å². The lowest BCUT2D eigenvalue weighted by Gasteiger charge is -2.39. The van der Waals surface area contributed by atoms with Gasteiger partial charge in [-0.25, -0.2) is 9.66 Å². The average molecular weight is 264 g/mol. The molecule has 3 heterocycles. The van der Waals surface area contributed by atoms with Crippen molar-refractivity contribution in [3.63, 3.8) is 0 Å². The first-order valence-corrected chi connectivity index (χ1v) is 7.13. The molecule has 0 unspecified atom stereocenters. The maximum absolute atomic E-state index is 4.36. The summed E-state index contributed by atoms with van der Waals surface area (Å²) in [5, 5.41) is 2.40. The maximum Gasteiger partial charge on any atom is 0.148 e. The Morgan fingerprint density at radius 2 is 1.42 bits per heavy atom. The molecule has 6 heteroatoms. The minimum atomic E-state index is 1.08. The third kappa shape index (κ3) is 2.69. The van der Waals surface area contributed by atoms with Crippen LogP contribution in [0.2, 0.25) is 0 Å². The third-order valence-electron chi connectivity index (χ3n) is 4.21. The average Bonchev–Trinajstić information content (AvgIpc) is 2.90. The summed E-state index contributed by atoms with van der Waals surface area (Å²) in [6.07, 6.45) is 3.96. The molecule has 2 saturated heterocycles. The minimum absolute atomic E-state index is 1.08. The molecule has 0 amide bonds. The second-order valence-electron chi connectivity index (χ2n) is 5.64. The van der Waals surface area contributed by atoms with Crippen LogP contribution in [0.25, 0.3) is 0 Å². The summed E-state index contributed by atoms with van der Waals surface area (Å²) < 4.78 is 2.25. The van der Waals surface area contributed by atoms with Gasteiger partial charge in [-0.05, 0) is 14.1 Å². The zero-order valence-corrected chi connectivity index (χ0v) is 12.0. The van der Waals surface area contributed by atoms with Crippen LogP contribution in [0, 0.1) is 0 Å². The Kier molecular flexibility index (Phi) is 3.61. The minimum Gasteiger partial charge on any atom is -0.353 e. The van der Waals surface area contributed by atoms with Crippen molar-refractivity contribution in [2.24, 2.45) is 0 Å². The molecule has 0 aromatic carbocycles. The molecule has 3 rings (SSSR count). The summed E-state index contributed by atoms with van der Waals surface area (Å²) in [6, 6.07) is 0. The molecular formula is C13H24N6. The molecular weight excluding hydrogens is 240 g/mol. The summed E-state index contributed by atoms with van der Waals surface area (Å²) >= 11 is 0. The molecule has 0 saturated carbocycles. The monoisotopic (exact) mass is 264 g/mol. The molecule has 106 valence electrons. The van der Waals surface area contributed by atoms with Gasteiger partial charge in [0.05, 0.1) is 6.20 Å². The van der Waals surface area contributed by atoms with E-state index < -0.39 is 0 Å². The lowest BCUT2D eigenvalue weighted by atomic mass is 10.3. The van der Waals surface area contributed by atoms with Gasteiger partial charge in [-0.15, -0.1) is 0 Å². The fraction of sp³-hybridized carbons (Fsp3) is 0.769. The van der Waals surface area contributed by atoms with E-state index >= 15 is 0 Å². The van der Waals surface area contributed by atoms with Gasteiger partial charge in [-0.3, -0.25) is 0 Å². The molecule has 0 spiro atoms. The molecule has 2 aliphatic heterocycles. The summed E-state index contributed by atoms with van der Waals surface area (Å²) in [5.41, 5.74) is 0. The Balaban J connectivity index is 1.71. The molecule has 19 heavy (non-hydrogen) atoms. The van der Waals surface area contributed by atoms with Crippen LogP contribution in [-0.4, -0.2) is 85.9 Å². The summed E-state index contributed by atoms with van der Waals surface area (Å²) in [5.74, 6) is 1.25. The van der Waals surface area contributed by atoms with Gasteiger partial charge in [0, 0.05) is 52.4 Å². The highest BCUT2D eigenvalue weighted by molar-refractivity contribution is 5.39. The van der Waals surface area contributed by atoms with E-state index in [1.807, 2.05) is 12.5 Å². The predicted molar refractivity (Wildman–Crippen MR) is 77.4 cm³/mol. The largest absolute Gasteiger partial charge is 0.353 e. The van der Waals surface area contributed by atoms with Crippen molar-refractivity contribution in [1.29, 1.82) is 0 Å². The molecule has 0 atom stereocenters. The molecule has 0 radical (unpaired) electrons. The molecule has 2 aliphatic rings. The highest BCUT2D eigenvalue weighted by atomic mass is 15.6. The van der Waals surface area contributed by atoms with E-state index in [2.05, 4.69) is 43.5 Å². The Bertz CT molecular complexity index is 365. The van der Waals surface area contributed by atoms with Crippen LogP contribution in [0.3, 0.4) is 0 Å². The number of nitrogens with zero attached hydrogens (tertiary/aromatic N) is 6. The first kappa shape index (κ1) is 12.7. The number of imidazole rings is 1. The van der Waals surface area contributed by atoms with E-state index in [9.17, 15) is 0 Å². The van der Waals surface area contributed by atoms with Crippen molar-refractivity contribution in [3.8, 4) is 0 Å². The number of anilines is 1. The van der Waals surface area contributed by atoms with Crippen molar-refractivity contribution >= 4 is 5.82 Å². The summed E-state index contributed by atoms with van der Waals surface area (Å²) in [7, 11) is 4.38. The first-order valence-electron chi connectivity index (χ1n) is 7.13. The highest BCUT2D eigenvalue weighted by Gasteiger charge is 2.21. The molecule has 1 aromatic rings. The SMILES string of the molecule is CN1CCN(c2cncn2N2CCN(C)CC2)CC1. The Morgan fingerprint density at radius 1 is 0.842 bits per heavy atom. The van der Waals surface area contributed by atoms with Crippen LogP contribution >= 0.6 is 0 Å².